The first-order valence-corrected chi connectivity index (χ1v) is 11.4. The minimum absolute atomic E-state index is 0.00111. The van der Waals surface area contributed by atoms with Crippen molar-refractivity contribution in [3.63, 3.8) is 0 Å². The molecule has 0 saturated carbocycles. The number of aliphatic hydroxyl groups is 1. The number of nitrogens with zero attached hydrogens (tertiary/aromatic N) is 2. The van der Waals surface area contributed by atoms with Crippen LogP contribution in [0.3, 0.4) is 0 Å². The number of benzene rings is 2. The van der Waals surface area contributed by atoms with Crippen LogP contribution in [0.5, 0.6) is 5.75 Å². The topological polar surface area (TPSA) is 70.1 Å². The number of likely N-dealkylation sites (tertiary alicyclic amines) is 1. The number of carbonyl (C=O) groups is 2. The molecule has 1 atom stereocenters. The van der Waals surface area contributed by atoms with Gasteiger partial charge in [-0.1, -0.05) is 45.0 Å². The van der Waals surface area contributed by atoms with Crippen molar-refractivity contribution in [1.82, 2.24) is 9.80 Å². The van der Waals surface area contributed by atoms with E-state index < -0.39 is 23.5 Å². The molecule has 1 aliphatic heterocycles. The first-order valence-electron chi connectivity index (χ1n) is 11.4. The molecule has 33 heavy (non-hydrogen) atoms. The van der Waals surface area contributed by atoms with E-state index in [1.54, 1.807) is 36.4 Å². The van der Waals surface area contributed by atoms with Gasteiger partial charge in [0, 0.05) is 18.7 Å². The minimum atomic E-state index is -0.804. The predicted molar refractivity (Wildman–Crippen MR) is 125 cm³/mol. The maximum atomic E-state index is 13.6. The zero-order valence-corrected chi connectivity index (χ0v) is 19.4. The molecule has 1 aliphatic rings. The molecule has 1 unspecified atom stereocenters. The first kappa shape index (κ1) is 24.5. The summed E-state index contributed by atoms with van der Waals surface area (Å²) < 4.78 is 19.3. The summed E-state index contributed by atoms with van der Waals surface area (Å²) in [6.07, 6.45) is 0.832. The van der Waals surface area contributed by atoms with E-state index in [0.717, 1.165) is 19.5 Å². The number of halogens is 1. The highest BCUT2D eigenvalue weighted by Crippen LogP contribution is 2.39. The second-order valence-corrected chi connectivity index (χ2v) is 7.95. The molecule has 0 spiro atoms. The van der Waals surface area contributed by atoms with E-state index in [4.69, 9.17) is 4.74 Å². The van der Waals surface area contributed by atoms with Gasteiger partial charge in [0.15, 0.2) is 0 Å². The number of aliphatic hydroxyl groups excluding tert-OH is 1. The van der Waals surface area contributed by atoms with Crippen molar-refractivity contribution in [2.45, 2.75) is 33.2 Å². The SMILES string of the molecule is CCCOc1cccc(C(O)=C2C(=O)C(=O)N(CCN(CC)CC)C2c2ccc(F)cc2)c1. The second kappa shape index (κ2) is 11.1. The van der Waals surface area contributed by atoms with Crippen molar-refractivity contribution in [1.29, 1.82) is 0 Å². The van der Waals surface area contributed by atoms with E-state index in [1.165, 1.54) is 17.0 Å². The van der Waals surface area contributed by atoms with E-state index in [1.807, 2.05) is 20.8 Å². The largest absolute Gasteiger partial charge is 0.507 e. The normalized spacial score (nSPS) is 17.7. The number of hydrogen-bond donors (Lipinski definition) is 1. The molecule has 1 N–H and O–H groups in total. The molecule has 7 heteroatoms. The smallest absolute Gasteiger partial charge is 0.295 e. The second-order valence-electron chi connectivity index (χ2n) is 7.95. The van der Waals surface area contributed by atoms with Crippen LogP contribution >= 0.6 is 0 Å². The average molecular weight is 455 g/mol. The molecule has 176 valence electrons. The van der Waals surface area contributed by atoms with Crippen molar-refractivity contribution < 1.29 is 23.8 Å². The fourth-order valence-corrected chi connectivity index (χ4v) is 4.00. The van der Waals surface area contributed by atoms with Gasteiger partial charge in [0.05, 0.1) is 18.2 Å². The van der Waals surface area contributed by atoms with Gasteiger partial charge in [-0.25, -0.2) is 4.39 Å². The van der Waals surface area contributed by atoms with Crippen LogP contribution in [0.2, 0.25) is 0 Å². The van der Waals surface area contributed by atoms with Crippen LogP contribution in [0, 0.1) is 5.82 Å². The Bertz CT molecular complexity index is 1020. The molecule has 2 aromatic carbocycles. The summed E-state index contributed by atoms with van der Waals surface area (Å²) in [7, 11) is 0. The molecular weight excluding hydrogens is 423 g/mol. The van der Waals surface area contributed by atoms with Gasteiger partial charge in [0.2, 0.25) is 0 Å². The van der Waals surface area contributed by atoms with E-state index >= 15 is 0 Å². The molecule has 3 rings (SSSR count). The Morgan fingerprint density at radius 3 is 2.42 bits per heavy atom. The molecule has 1 heterocycles. The molecule has 1 fully saturated rings. The quantitative estimate of drug-likeness (QED) is 0.328. The van der Waals surface area contributed by atoms with E-state index in [-0.39, 0.29) is 11.3 Å². The van der Waals surface area contributed by atoms with E-state index in [2.05, 4.69) is 4.90 Å². The van der Waals surface area contributed by atoms with Crippen molar-refractivity contribution >= 4 is 17.4 Å². The fourth-order valence-electron chi connectivity index (χ4n) is 4.00. The molecule has 0 aromatic heterocycles. The van der Waals surface area contributed by atoms with Crippen LogP contribution in [0.1, 0.15) is 44.4 Å². The Labute approximate surface area is 194 Å². The fraction of sp³-hybridized carbons (Fsp3) is 0.385. The maximum Gasteiger partial charge on any atom is 0.295 e. The average Bonchev–Trinajstić information content (AvgIpc) is 3.08. The zero-order chi connectivity index (χ0) is 24.0. The van der Waals surface area contributed by atoms with Crippen LogP contribution in [0.25, 0.3) is 5.76 Å². The highest BCUT2D eigenvalue weighted by molar-refractivity contribution is 6.46. The summed E-state index contributed by atoms with van der Waals surface area (Å²) in [5.41, 5.74) is 0.950. The standard InChI is InChI=1S/C26H31FN2O4/c1-4-16-33-21-9-7-8-19(17-21)24(30)22-23(18-10-12-20(27)13-11-18)29(26(32)25(22)31)15-14-28(5-2)6-3/h7-13,17,23,30H,4-6,14-16H2,1-3H3. The van der Waals surface area contributed by atoms with Gasteiger partial charge in [-0.2, -0.15) is 0 Å². The third kappa shape index (κ3) is 5.42. The number of carbonyl (C=O) groups excluding carboxylic acids is 2. The van der Waals surface area contributed by atoms with Gasteiger partial charge in [0.1, 0.15) is 17.3 Å². The Balaban J connectivity index is 2.06. The number of hydrogen-bond acceptors (Lipinski definition) is 5. The van der Waals surface area contributed by atoms with Gasteiger partial charge in [-0.15, -0.1) is 0 Å². The summed E-state index contributed by atoms with van der Waals surface area (Å²) in [5, 5.41) is 11.2. The molecule has 1 amide bonds. The Morgan fingerprint density at radius 1 is 1.09 bits per heavy atom. The number of ether oxygens (including phenoxy) is 1. The number of likely N-dealkylation sites (N-methyl/N-ethyl adjacent to an activating group) is 1. The highest BCUT2D eigenvalue weighted by Gasteiger charge is 2.46. The maximum absolute atomic E-state index is 13.6. The third-order valence-electron chi connectivity index (χ3n) is 5.86. The van der Waals surface area contributed by atoms with E-state index in [0.29, 0.717) is 36.6 Å². The summed E-state index contributed by atoms with van der Waals surface area (Å²) in [4.78, 5) is 29.7. The molecule has 0 aliphatic carbocycles. The highest BCUT2D eigenvalue weighted by atomic mass is 19.1. The predicted octanol–water partition coefficient (Wildman–Crippen LogP) is 4.38. The van der Waals surface area contributed by atoms with Gasteiger partial charge in [0.25, 0.3) is 11.7 Å². The van der Waals surface area contributed by atoms with Gasteiger partial charge < -0.3 is 19.6 Å². The minimum Gasteiger partial charge on any atom is -0.507 e. The van der Waals surface area contributed by atoms with Crippen LogP contribution in [0.15, 0.2) is 54.1 Å². The van der Waals surface area contributed by atoms with Crippen molar-refractivity contribution in [2.75, 3.05) is 32.8 Å². The van der Waals surface area contributed by atoms with Gasteiger partial charge >= 0.3 is 0 Å². The lowest BCUT2D eigenvalue weighted by atomic mass is 9.95. The number of ketones is 1. The van der Waals surface area contributed by atoms with Crippen molar-refractivity contribution in [2.24, 2.45) is 0 Å². The lowest BCUT2D eigenvalue weighted by Crippen LogP contribution is -2.38. The monoisotopic (exact) mass is 454 g/mol. The lowest BCUT2D eigenvalue weighted by molar-refractivity contribution is -0.140. The van der Waals surface area contributed by atoms with Crippen molar-refractivity contribution in [3.05, 3.63) is 71.0 Å². The summed E-state index contributed by atoms with van der Waals surface area (Å²) in [6, 6.07) is 11.7. The molecule has 1 saturated heterocycles. The first-order chi connectivity index (χ1) is 15.9. The summed E-state index contributed by atoms with van der Waals surface area (Å²) >= 11 is 0. The lowest BCUT2D eigenvalue weighted by Gasteiger charge is -2.28. The Kier molecular flexibility index (Phi) is 8.22. The van der Waals surface area contributed by atoms with Crippen LogP contribution in [-0.4, -0.2) is 59.4 Å². The third-order valence-corrected chi connectivity index (χ3v) is 5.86. The van der Waals surface area contributed by atoms with Crippen LogP contribution < -0.4 is 4.74 Å². The zero-order valence-electron chi connectivity index (χ0n) is 19.4. The Morgan fingerprint density at radius 2 is 1.79 bits per heavy atom. The molecule has 0 radical (unpaired) electrons. The molecule has 0 bridgehead atoms. The molecule has 6 nitrogen and oxygen atoms in total. The molecular formula is C26H31FN2O4. The van der Waals surface area contributed by atoms with Crippen molar-refractivity contribution in [3.8, 4) is 5.75 Å². The number of Topliss-reactive ketones (excluding diaryl/α,β-unsaturated/α-hetero) is 1. The van der Waals surface area contributed by atoms with Crippen LogP contribution in [0.4, 0.5) is 4.39 Å². The van der Waals surface area contributed by atoms with Crippen LogP contribution in [-0.2, 0) is 9.59 Å². The summed E-state index contributed by atoms with van der Waals surface area (Å²) in [5.74, 6) is -1.54. The van der Waals surface area contributed by atoms with Gasteiger partial charge in [-0.3, -0.25) is 9.59 Å². The van der Waals surface area contributed by atoms with Gasteiger partial charge in [-0.05, 0) is 49.3 Å². The molecule has 2 aromatic rings. The summed E-state index contributed by atoms with van der Waals surface area (Å²) in [6.45, 7) is 9.09. The van der Waals surface area contributed by atoms with E-state index in [9.17, 15) is 19.1 Å². The Hall–Kier alpha value is -3.19. The number of rotatable bonds is 10. The number of amides is 1.